The van der Waals surface area contributed by atoms with Crippen molar-refractivity contribution in [3.05, 3.63) is 16.1 Å². The van der Waals surface area contributed by atoms with Crippen LogP contribution in [0.2, 0.25) is 0 Å². The van der Waals surface area contributed by atoms with Crippen molar-refractivity contribution >= 4 is 41.3 Å². The zero-order valence-corrected chi connectivity index (χ0v) is 14.5. The molecule has 0 radical (unpaired) electrons. The Bertz CT molecular complexity index is 352. The largest absolute Gasteiger partial charge is 0.357 e. The third-order valence-corrected chi connectivity index (χ3v) is 3.11. The summed E-state index contributed by atoms with van der Waals surface area (Å²) < 4.78 is 0. The monoisotopic (exact) mass is 382 g/mol. The molecule has 1 heterocycles. The topological polar surface area (TPSA) is 49.3 Å². The van der Waals surface area contributed by atoms with Crippen LogP contribution in [-0.2, 0) is 6.54 Å². The summed E-state index contributed by atoms with van der Waals surface area (Å²) in [4.78, 5) is 10.0. The number of nitrogens with zero attached hydrogens (tertiary/aromatic N) is 2. The van der Waals surface area contributed by atoms with Gasteiger partial charge in [0.2, 0.25) is 0 Å². The van der Waals surface area contributed by atoms with E-state index < -0.39 is 0 Å². The number of unbranched alkanes of at least 4 members (excludes halogenated alkanes) is 1. The molecule has 0 aromatic carbocycles. The molecule has 0 fully saturated rings. The van der Waals surface area contributed by atoms with Crippen molar-refractivity contribution in [3.63, 3.8) is 0 Å². The van der Waals surface area contributed by atoms with Gasteiger partial charge in [-0.2, -0.15) is 0 Å². The smallest absolute Gasteiger partial charge is 0.191 e. The second-order valence-electron chi connectivity index (χ2n) is 3.84. The van der Waals surface area contributed by atoms with Gasteiger partial charge >= 0.3 is 0 Å². The molecule has 1 rings (SSSR count). The lowest BCUT2D eigenvalue weighted by molar-refractivity contribution is 0.730. The molecule has 0 bridgehead atoms. The van der Waals surface area contributed by atoms with Gasteiger partial charge in [-0.25, -0.2) is 9.98 Å². The van der Waals surface area contributed by atoms with Gasteiger partial charge in [-0.15, -0.1) is 35.3 Å². The molecule has 1 aromatic heterocycles. The third kappa shape index (κ3) is 7.15. The predicted molar refractivity (Wildman–Crippen MR) is 90.0 cm³/mol. The van der Waals surface area contributed by atoms with Gasteiger partial charge in [-0.1, -0.05) is 13.3 Å². The predicted octanol–water partition coefficient (Wildman–Crippen LogP) is 2.92. The Morgan fingerprint density at radius 3 is 2.72 bits per heavy atom. The summed E-state index contributed by atoms with van der Waals surface area (Å²) in [5.74, 6) is 0.883. The van der Waals surface area contributed by atoms with Crippen molar-refractivity contribution in [1.82, 2.24) is 15.6 Å². The van der Waals surface area contributed by atoms with Crippen LogP contribution in [0.5, 0.6) is 0 Å². The molecule has 0 aliphatic rings. The van der Waals surface area contributed by atoms with Crippen molar-refractivity contribution in [2.24, 2.45) is 4.99 Å². The van der Waals surface area contributed by atoms with Gasteiger partial charge in [-0.3, -0.25) is 0 Å². The molecular formula is C12H23IN4S. The first kappa shape index (κ1) is 17.6. The van der Waals surface area contributed by atoms with Crippen molar-refractivity contribution in [2.75, 3.05) is 13.1 Å². The molecule has 6 heteroatoms. The Balaban J connectivity index is 0.00000289. The number of thiazole rings is 1. The molecule has 0 amide bonds. The van der Waals surface area contributed by atoms with E-state index in [1.165, 1.54) is 17.7 Å². The highest BCUT2D eigenvalue weighted by atomic mass is 127. The van der Waals surface area contributed by atoms with Crippen molar-refractivity contribution < 1.29 is 0 Å². The SMILES string of the molecule is CCCCNC(=NCc1ncc(C)s1)NCC.I. The van der Waals surface area contributed by atoms with E-state index in [1.54, 1.807) is 11.3 Å². The molecule has 0 aliphatic heterocycles. The number of halogens is 1. The zero-order valence-electron chi connectivity index (χ0n) is 11.3. The maximum absolute atomic E-state index is 4.51. The molecule has 18 heavy (non-hydrogen) atoms. The van der Waals surface area contributed by atoms with E-state index in [4.69, 9.17) is 0 Å². The van der Waals surface area contributed by atoms with E-state index in [9.17, 15) is 0 Å². The fourth-order valence-electron chi connectivity index (χ4n) is 1.35. The van der Waals surface area contributed by atoms with E-state index >= 15 is 0 Å². The second-order valence-corrected chi connectivity index (χ2v) is 5.16. The number of aryl methyl sites for hydroxylation is 1. The van der Waals surface area contributed by atoms with Gasteiger partial charge in [0.25, 0.3) is 0 Å². The molecule has 4 nitrogen and oxygen atoms in total. The quantitative estimate of drug-likeness (QED) is 0.344. The second kappa shape index (κ2) is 10.5. The molecule has 104 valence electrons. The van der Waals surface area contributed by atoms with Crippen LogP contribution in [0.1, 0.15) is 36.6 Å². The summed E-state index contributed by atoms with van der Waals surface area (Å²) in [5.41, 5.74) is 0. The lowest BCUT2D eigenvalue weighted by Crippen LogP contribution is -2.37. The number of rotatable bonds is 6. The van der Waals surface area contributed by atoms with Crippen LogP contribution >= 0.6 is 35.3 Å². The Hall–Kier alpha value is -0.370. The van der Waals surface area contributed by atoms with Gasteiger partial charge in [0.1, 0.15) is 5.01 Å². The lowest BCUT2D eigenvalue weighted by Gasteiger charge is -2.10. The molecule has 2 N–H and O–H groups in total. The van der Waals surface area contributed by atoms with Crippen LogP contribution in [0, 0.1) is 6.92 Å². The Kier molecular flexibility index (Phi) is 10.3. The molecular weight excluding hydrogens is 359 g/mol. The van der Waals surface area contributed by atoms with E-state index in [1.807, 2.05) is 6.20 Å². The van der Waals surface area contributed by atoms with Gasteiger partial charge in [-0.05, 0) is 20.3 Å². The van der Waals surface area contributed by atoms with Gasteiger partial charge in [0.15, 0.2) is 5.96 Å². The first-order chi connectivity index (χ1) is 8.26. The Morgan fingerprint density at radius 2 is 2.17 bits per heavy atom. The summed E-state index contributed by atoms with van der Waals surface area (Å²) in [6.45, 7) is 8.83. The molecule has 0 aliphatic carbocycles. The first-order valence-electron chi connectivity index (χ1n) is 6.19. The minimum absolute atomic E-state index is 0. The Labute approximate surface area is 131 Å². The molecule has 0 spiro atoms. The van der Waals surface area contributed by atoms with Crippen LogP contribution in [0.15, 0.2) is 11.2 Å². The van der Waals surface area contributed by atoms with Crippen molar-refractivity contribution in [2.45, 2.75) is 40.2 Å². The Morgan fingerprint density at radius 1 is 1.39 bits per heavy atom. The number of hydrogen-bond donors (Lipinski definition) is 2. The molecule has 0 saturated carbocycles. The molecule has 0 atom stereocenters. The highest BCUT2D eigenvalue weighted by molar-refractivity contribution is 14.0. The van der Waals surface area contributed by atoms with E-state index in [2.05, 4.69) is 41.4 Å². The van der Waals surface area contributed by atoms with Crippen LogP contribution in [0.4, 0.5) is 0 Å². The van der Waals surface area contributed by atoms with Gasteiger partial charge in [0, 0.05) is 24.2 Å². The number of hydrogen-bond acceptors (Lipinski definition) is 3. The zero-order chi connectivity index (χ0) is 12.5. The van der Waals surface area contributed by atoms with Gasteiger partial charge < -0.3 is 10.6 Å². The highest BCUT2D eigenvalue weighted by Crippen LogP contribution is 2.11. The first-order valence-corrected chi connectivity index (χ1v) is 7.01. The van der Waals surface area contributed by atoms with Crippen LogP contribution < -0.4 is 10.6 Å². The summed E-state index contributed by atoms with van der Waals surface area (Å²) in [5, 5.41) is 7.61. The standard InChI is InChI=1S/C12H22N4S.HI/c1-4-6-7-14-12(13-5-2)16-9-11-15-8-10(3)17-11;/h8H,4-7,9H2,1-3H3,(H2,13,14,16);1H. The maximum atomic E-state index is 4.51. The van der Waals surface area contributed by atoms with Crippen molar-refractivity contribution in [3.8, 4) is 0 Å². The number of nitrogens with one attached hydrogen (secondary N) is 2. The van der Waals surface area contributed by atoms with Crippen LogP contribution in [0.25, 0.3) is 0 Å². The average Bonchev–Trinajstić information content (AvgIpc) is 2.72. The number of aliphatic imine (C=N–C) groups is 1. The minimum atomic E-state index is 0. The van der Waals surface area contributed by atoms with Crippen LogP contribution in [-0.4, -0.2) is 24.0 Å². The van der Waals surface area contributed by atoms with Gasteiger partial charge in [0.05, 0.1) is 6.54 Å². The maximum Gasteiger partial charge on any atom is 0.191 e. The normalized spacial score (nSPS) is 10.9. The molecule has 0 saturated heterocycles. The minimum Gasteiger partial charge on any atom is -0.357 e. The number of guanidine groups is 1. The van der Waals surface area contributed by atoms with E-state index in [0.29, 0.717) is 6.54 Å². The number of aromatic nitrogens is 1. The summed E-state index contributed by atoms with van der Waals surface area (Å²) in [6, 6.07) is 0. The summed E-state index contributed by atoms with van der Waals surface area (Å²) in [7, 11) is 0. The molecule has 0 unspecified atom stereocenters. The average molecular weight is 382 g/mol. The highest BCUT2D eigenvalue weighted by Gasteiger charge is 1.99. The van der Waals surface area contributed by atoms with E-state index in [-0.39, 0.29) is 24.0 Å². The summed E-state index contributed by atoms with van der Waals surface area (Å²) >= 11 is 1.70. The fraction of sp³-hybridized carbons (Fsp3) is 0.667. The molecule has 1 aromatic rings. The lowest BCUT2D eigenvalue weighted by atomic mass is 10.3. The van der Waals surface area contributed by atoms with E-state index in [0.717, 1.165) is 24.1 Å². The van der Waals surface area contributed by atoms with Crippen LogP contribution in [0.3, 0.4) is 0 Å². The fourth-order valence-corrected chi connectivity index (χ4v) is 2.06. The van der Waals surface area contributed by atoms with Crippen molar-refractivity contribution in [1.29, 1.82) is 0 Å². The third-order valence-electron chi connectivity index (χ3n) is 2.21. The summed E-state index contributed by atoms with van der Waals surface area (Å²) in [6.07, 6.45) is 4.26.